The molecule has 1 unspecified atom stereocenters. The molecule has 0 spiro atoms. The minimum atomic E-state index is -0.707. The molecule has 0 aliphatic heterocycles. The monoisotopic (exact) mass is 212 g/mol. The van der Waals surface area contributed by atoms with Crippen LogP contribution in [0.25, 0.3) is 0 Å². The Balaban J connectivity index is 2.85. The van der Waals surface area contributed by atoms with Gasteiger partial charge in [-0.05, 0) is 30.7 Å². The Morgan fingerprint density at radius 2 is 2.29 bits per heavy atom. The molecule has 0 saturated carbocycles. The number of hydrogen-bond acceptors (Lipinski definition) is 2. The van der Waals surface area contributed by atoms with Crippen LogP contribution in [-0.4, -0.2) is 11.1 Å². The van der Waals surface area contributed by atoms with Gasteiger partial charge in [0, 0.05) is 4.88 Å². The fraction of sp³-hybridized carbons (Fsp3) is 0.545. The Kier molecular flexibility index (Phi) is 3.32. The SMILES string of the molecule is CC(C)C(C)(Cc1cccs1)C(=O)O. The van der Waals surface area contributed by atoms with Crippen LogP contribution in [0, 0.1) is 11.3 Å². The van der Waals surface area contributed by atoms with Gasteiger partial charge in [0.1, 0.15) is 0 Å². The van der Waals surface area contributed by atoms with Crippen molar-refractivity contribution in [2.24, 2.45) is 11.3 Å². The second-order valence-electron chi connectivity index (χ2n) is 4.13. The van der Waals surface area contributed by atoms with Crippen molar-refractivity contribution < 1.29 is 9.90 Å². The Hall–Kier alpha value is -0.830. The largest absolute Gasteiger partial charge is 0.481 e. The second kappa shape index (κ2) is 4.13. The molecular weight excluding hydrogens is 196 g/mol. The van der Waals surface area contributed by atoms with E-state index in [2.05, 4.69) is 0 Å². The van der Waals surface area contributed by atoms with Crippen molar-refractivity contribution in [2.45, 2.75) is 27.2 Å². The van der Waals surface area contributed by atoms with E-state index in [-0.39, 0.29) is 5.92 Å². The van der Waals surface area contributed by atoms with Crippen molar-refractivity contribution in [1.29, 1.82) is 0 Å². The van der Waals surface area contributed by atoms with Gasteiger partial charge in [-0.25, -0.2) is 0 Å². The lowest BCUT2D eigenvalue weighted by molar-refractivity contribution is -0.150. The van der Waals surface area contributed by atoms with Gasteiger partial charge in [0.15, 0.2) is 0 Å². The Labute approximate surface area is 88.6 Å². The predicted octanol–water partition coefficient (Wildman–Crippen LogP) is 3.04. The van der Waals surface area contributed by atoms with Crippen LogP contribution in [0.1, 0.15) is 25.6 Å². The summed E-state index contributed by atoms with van der Waals surface area (Å²) in [5.74, 6) is -0.567. The quantitative estimate of drug-likeness (QED) is 0.833. The maximum atomic E-state index is 11.2. The third kappa shape index (κ3) is 2.15. The van der Waals surface area contributed by atoms with Crippen LogP contribution in [0.3, 0.4) is 0 Å². The summed E-state index contributed by atoms with van der Waals surface area (Å²) >= 11 is 1.62. The van der Waals surface area contributed by atoms with Crippen LogP contribution >= 0.6 is 11.3 Å². The zero-order valence-electron chi connectivity index (χ0n) is 8.78. The molecule has 1 aromatic heterocycles. The zero-order chi connectivity index (χ0) is 10.8. The summed E-state index contributed by atoms with van der Waals surface area (Å²) in [6.07, 6.45) is 0.623. The van der Waals surface area contributed by atoms with Crippen LogP contribution in [0.4, 0.5) is 0 Å². The molecule has 1 heterocycles. The molecule has 3 heteroatoms. The minimum Gasteiger partial charge on any atom is -0.481 e. The van der Waals surface area contributed by atoms with E-state index in [1.807, 2.05) is 38.3 Å². The van der Waals surface area contributed by atoms with Gasteiger partial charge in [-0.1, -0.05) is 19.9 Å². The number of rotatable bonds is 4. The molecule has 2 nitrogen and oxygen atoms in total. The molecule has 0 amide bonds. The molecule has 0 saturated heterocycles. The first-order valence-electron chi connectivity index (χ1n) is 4.72. The van der Waals surface area contributed by atoms with E-state index in [9.17, 15) is 9.90 Å². The second-order valence-corrected chi connectivity index (χ2v) is 5.17. The maximum absolute atomic E-state index is 11.2. The van der Waals surface area contributed by atoms with E-state index in [0.29, 0.717) is 6.42 Å². The lowest BCUT2D eigenvalue weighted by Crippen LogP contribution is -2.35. The summed E-state index contributed by atoms with van der Waals surface area (Å²) in [7, 11) is 0. The Bertz CT molecular complexity index is 303. The van der Waals surface area contributed by atoms with Crippen molar-refractivity contribution in [2.75, 3.05) is 0 Å². The summed E-state index contributed by atoms with van der Waals surface area (Å²) in [6.45, 7) is 5.74. The average Bonchev–Trinajstić information content (AvgIpc) is 2.55. The van der Waals surface area contributed by atoms with E-state index in [4.69, 9.17) is 0 Å². The van der Waals surface area contributed by atoms with E-state index in [0.717, 1.165) is 4.88 Å². The molecule has 0 fully saturated rings. The first-order valence-corrected chi connectivity index (χ1v) is 5.60. The maximum Gasteiger partial charge on any atom is 0.309 e. The lowest BCUT2D eigenvalue weighted by atomic mass is 9.76. The smallest absolute Gasteiger partial charge is 0.309 e. The standard InChI is InChI=1S/C11H16O2S/c1-8(2)11(3,10(12)13)7-9-5-4-6-14-9/h4-6,8H,7H2,1-3H3,(H,12,13). The molecule has 0 aromatic carbocycles. The summed E-state index contributed by atoms with van der Waals surface area (Å²) in [5, 5.41) is 11.2. The van der Waals surface area contributed by atoms with Gasteiger partial charge in [-0.2, -0.15) is 0 Å². The zero-order valence-corrected chi connectivity index (χ0v) is 9.60. The average molecular weight is 212 g/mol. The first kappa shape index (κ1) is 11.2. The third-order valence-electron chi connectivity index (χ3n) is 2.88. The highest BCUT2D eigenvalue weighted by Gasteiger charge is 2.36. The van der Waals surface area contributed by atoms with Crippen molar-refractivity contribution in [3.8, 4) is 0 Å². The van der Waals surface area contributed by atoms with Crippen molar-refractivity contribution >= 4 is 17.3 Å². The number of aliphatic carboxylic acids is 1. The summed E-state index contributed by atoms with van der Waals surface area (Å²) in [4.78, 5) is 12.3. The Morgan fingerprint density at radius 1 is 1.64 bits per heavy atom. The van der Waals surface area contributed by atoms with Gasteiger partial charge < -0.3 is 5.11 Å². The van der Waals surface area contributed by atoms with E-state index >= 15 is 0 Å². The fourth-order valence-electron chi connectivity index (χ4n) is 1.30. The van der Waals surface area contributed by atoms with Gasteiger partial charge in [-0.15, -0.1) is 11.3 Å². The number of thiophene rings is 1. The van der Waals surface area contributed by atoms with Crippen molar-refractivity contribution in [1.82, 2.24) is 0 Å². The minimum absolute atomic E-state index is 0.141. The number of hydrogen-bond donors (Lipinski definition) is 1. The number of carboxylic acids is 1. The number of carbonyl (C=O) groups is 1. The topological polar surface area (TPSA) is 37.3 Å². The van der Waals surface area contributed by atoms with E-state index in [1.165, 1.54) is 0 Å². The van der Waals surface area contributed by atoms with Crippen LogP contribution in [0.15, 0.2) is 17.5 Å². The normalized spacial score (nSPS) is 15.4. The van der Waals surface area contributed by atoms with Crippen LogP contribution in [0.5, 0.6) is 0 Å². The van der Waals surface area contributed by atoms with Crippen molar-refractivity contribution in [3.63, 3.8) is 0 Å². The molecule has 0 radical (unpaired) electrons. The highest BCUT2D eigenvalue weighted by molar-refractivity contribution is 7.09. The molecule has 78 valence electrons. The molecule has 1 aromatic rings. The van der Waals surface area contributed by atoms with Gasteiger partial charge in [0.2, 0.25) is 0 Å². The van der Waals surface area contributed by atoms with Gasteiger partial charge in [0.25, 0.3) is 0 Å². The molecular formula is C11H16O2S. The molecule has 1 atom stereocenters. The highest BCUT2D eigenvalue weighted by Crippen LogP contribution is 2.32. The third-order valence-corrected chi connectivity index (χ3v) is 3.76. The van der Waals surface area contributed by atoms with Crippen LogP contribution in [-0.2, 0) is 11.2 Å². The summed E-state index contributed by atoms with van der Waals surface area (Å²) in [6, 6.07) is 3.96. The molecule has 0 aliphatic carbocycles. The van der Waals surface area contributed by atoms with E-state index < -0.39 is 11.4 Å². The lowest BCUT2D eigenvalue weighted by Gasteiger charge is -2.28. The fourth-order valence-corrected chi connectivity index (χ4v) is 2.17. The molecule has 1 rings (SSSR count). The molecule has 0 bridgehead atoms. The predicted molar refractivity (Wildman–Crippen MR) is 58.6 cm³/mol. The molecule has 14 heavy (non-hydrogen) atoms. The van der Waals surface area contributed by atoms with Gasteiger partial charge in [0.05, 0.1) is 5.41 Å². The Morgan fingerprint density at radius 3 is 2.64 bits per heavy atom. The highest BCUT2D eigenvalue weighted by atomic mass is 32.1. The van der Waals surface area contributed by atoms with Gasteiger partial charge >= 0.3 is 5.97 Å². The number of carboxylic acid groups (broad SMARTS) is 1. The van der Waals surface area contributed by atoms with E-state index in [1.54, 1.807) is 11.3 Å². The summed E-state index contributed by atoms with van der Waals surface area (Å²) in [5.41, 5.74) is -0.648. The first-order chi connectivity index (χ1) is 6.47. The summed E-state index contributed by atoms with van der Waals surface area (Å²) < 4.78 is 0. The van der Waals surface area contributed by atoms with Gasteiger partial charge in [-0.3, -0.25) is 4.79 Å². The van der Waals surface area contributed by atoms with Crippen LogP contribution < -0.4 is 0 Å². The van der Waals surface area contributed by atoms with Crippen LogP contribution in [0.2, 0.25) is 0 Å². The molecule has 0 aliphatic rings. The van der Waals surface area contributed by atoms with Crippen molar-refractivity contribution in [3.05, 3.63) is 22.4 Å². The molecule has 1 N–H and O–H groups in total.